The minimum absolute atomic E-state index is 0.00565. The van der Waals surface area contributed by atoms with Crippen LogP contribution in [0.25, 0.3) is 0 Å². The van der Waals surface area contributed by atoms with E-state index in [1.807, 2.05) is 6.92 Å². The van der Waals surface area contributed by atoms with Crippen molar-refractivity contribution in [3.8, 4) is 0 Å². The Hall–Kier alpha value is -0.960. The molecule has 0 radical (unpaired) electrons. The first-order valence-corrected chi connectivity index (χ1v) is 4.76. The van der Waals surface area contributed by atoms with Gasteiger partial charge in [0.25, 0.3) is 0 Å². The summed E-state index contributed by atoms with van der Waals surface area (Å²) in [5.41, 5.74) is -1.42. The van der Waals surface area contributed by atoms with Crippen LogP contribution in [-0.2, 0) is 5.60 Å². The van der Waals surface area contributed by atoms with E-state index in [9.17, 15) is 13.9 Å². The highest BCUT2D eigenvalue weighted by Gasteiger charge is 2.55. The Kier molecular flexibility index (Phi) is 2.07. The van der Waals surface area contributed by atoms with Crippen LogP contribution in [0.3, 0.4) is 0 Å². The molecule has 2 unspecified atom stereocenters. The van der Waals surface area contributed by atoms with Crippen molar-refractivity contribution in [2.75, 3.05) is 0 Å². The summed E-state index contributed by atoms with van der Waals surface area (Å²) in [5.74, 6) is -1.30. The van der Waals surface area contributed by atoms with Gasteiger partial charge >= 0.3 is 0 Å². The van der Waals surface area contributed by atoms with E-state index in [2.05, 4.69) is 0 Å². The molecule has 0 heterocycles. The zero-order valence-electron chi connectivity index (χ0n) is 7.93. The Morgan fingerprint density at radius 2 is 2.00 bits per heavy atom. The van der Waals surface area contributed by atoms with Crippen LogP contribution >= 0.6 is 0 Å². The van der Waals surface area contributed by atoms with Crippen molar-refractivity contribution in [1.82, 2.24) is 0 Å². The summed E-state index contributed by atoms with van der Waals surface area (Å²) in [4.78, 5) is 0. The second kappa shape index (κ2) is 3.02. The van der Waals surface area contributed by atoms with E-state index in [1.165, 1.54) is 18.2 Å². The molecule has 0 saturated heterocycles. The largest absolute Gasteiger partial charge is 0.385 e. The highest BCUT2D eigenvalue weighted by molar-refractivity contribution is 5.32. The van der Waals surface area contributed by atoms with Crippen LogP contribution in [0.5, 0.6) is 0 Å². The highest BCUT2D eigenvalue weighted by atomic mass is 19.1. The highest BCUT2D eigenvalue weighted by Crippen LogP contribution is 2.54. The van der Waals surface area contributed by atoms with Crippen molar-refractivity contribution in [2.24, 2.45) is 5.92 Å². The Morgan fingerprint density at radius 1 is 1.43 bits per heavy atom. The van der Waals surface area contributed by atoms with E-state index < -0.39 is 17.2 Å². The summed E-state index contributed by atoms with van der Waals surface area (Å²) in [6.07, 6.45) is 1.20. The molecule has 1 saturated carbocycles. The molecule has 0 aliphatic heterocycles. The zero-order chi connectivity index (χ0) is 10.3. The quantitative estimate of drug-likeness (QED) is 0.774. The van der Waals surface area contributed by atoms with Crippen molar-refractivity contribution in [3.63, 3.8) is 0 Å². The molecule has 1 aliphatic rings. The Labute approximate surface area is 81.4 Å². The molecular formula is C11H12F2O. The normalized spacial score (nSPS) is 30.4. The minimum atomic E-state index is -1.26. The van der Waals surface area contributed by atoms with Gasteiger partial charge in [-0.1, -0.05) is 19.4 Å². The first-order valence-electron chi connectivity index (χ1n) is 4.76. The average molecular weight is 198 g/mol. The summed E-state index contributed by atoms with van der Waals surface area (Å²) in [7, 11) is 0. The predicted octanol–water partition coefficient (Wildman–Crippen LogP) is 2.58. The smallest absolute Gasteiger partial charge is 0.132 e. The molecule has 1 nitrogen and oxygen atoms in total. The van der Waals surface area contributed by atoms with Gasteiger partial charge in [0.2, 0.25) is 0 Å². The molecule has 3 heteroatoms. The van der Waals surface area contributed by atoms with E-state index in [4.69, 9.17) is 0 Å². The maximum atomic E-state index is 13.3. The molecule has 2 atom stereocenters. The Bertz CT molecular complexity index is 344. The van der Waals surface area contributed by atoms with Gasteiger partial charge in [-0.2, -0.15) is 0 Å². The second-order valence-electron chi connectivity index (χ2n) is 3.83. The predicted molar refractivity (Wildman–Crippen MR) is 48.7 cm³/mol. The third-order valence-corrected chi connectivity index (χ3v) is 2.96. The van der Waals surface area contributed by atoms with Crippen molar-refractivity contribution in [2.45, 2.75) is 25.4 Å². The molecule has 1 N–H and O–H groups in total. The first kappa shape index (κ1) is 9.59. The van der Waals surface area contributed by atoms with Crippen LogP contribution in [0.1, 0.15) is 25.3 Å². The molecule has 0 amide bonds. The molecule has 1 fully saturated rings. The van der Waals surface area contributed by atoms with Crippen LogP contribution in [0.2, 0.25) is 0 Å². The maximum Gasteiger partial charge on any atom is 0.132 e. The molecule has 76 valence electrons. The summed E-state index contributed by atoms with van der Waals surface area (Å²) in [5, 5.41) is 9.94. The molecule has 0 aromatic heterocycles. The van der Waals surface area contributed by atoms with Gasteiger partial charge in [-0.05, 0) is 24.5 Å². The van der Waals surface area contributed by atoms with E-state index in [0.717, 1.165) is 6.42 Å². The average Bonchev–Trinajstić information content (AvgIpc) is 2.77. The molecule has 14 heavy (non-hydrogen) atoms. The second-order valence-corrected chi connectivity index (χ2v) is 3.83. The minimum Gasteiger partial charge on any atom is -0.385 e. The van der Waals surface area contributed by atoms with Gasteiger partial charge < -0.3 is 5.11 Å². The molecule has 1 aromatic rings. The third-order valence-electron chi connectivity index (χ3n) is 2.96. The topological polar surface area (TPSA) is 20.2 Å². The van der Waals surface area contributed by atoms with Gasteiger partial charge in [-0.15, -0.1) is 0 Å². The van der Waals surface area contributed by atoms with E-state index in [-0.39, 0.29) is 11.5 Å². The number of halogens is 2. The monoisotopic (exact) mass is 198 g/mol. The van der Waals surface area contributed by atoms with Crippen molar-refractivity contribution in [1.29, 1.82) is 0 Å². The number of benzene rings is 1. The summed E-state index contributed by atoms with van der Waals surface area (Å²) in [6.45, 7) is 1.90. The van der Waals surface area contributed by atoms with Gasteiger partial charge in [0.1, 0.15) is 11.6 Å². The summed E-state index contributed by atoms with van der Waals surface area (Å²) < 4.78 is 26.6. The van der Waals surface area contributed by atoms with Crippen LogP contribution in [0.4, 0.5) is 8.78 Å². The number of aliphatic hydroxyl groups is 1. The van der Waals surface area contributed by atoms with Crippen molar-refractivity contribution >= 4 is 0 Å². The Balaban J connectivity index is 2.43. The zero-order valence-corrected chi connectivity index (χ0v) is 7.93. The van der Waals surface area contributed by atoms with Crippen LogP contribution < -0.4 is 0 Å². The van der Waals surface area contributed by atoms with Crippen molar-refractivity contribution in [3.05, 3.63) is 35.4 Å². The standard InChI is InChI=1S/C11H12F2O/c1-2-7-6-11(7,14)10-8(12)4-3-5-9(10)13/h3-5,7,14H,2,6H2,1H3. The van der Waals surface area contributed by atoms with Gasteiger partial charge in [0, 0.05) is 0 Å². The first-order chi connectivity index (χ1) is 6.59. The van der Waals surface area contributed by atoms with Crippen LogP contribution in [0, 0.1) is 17.6 Å². The lowest BCUT2D eigenvalue weighted by molar-refractivity contribution is 0.121. The molecule has 2 rings (SSSR count). The Morgan fingerprint density at radius 3 is 2.43 bits per heavy atom. The van der Waals surface area contributed by atoms with E-state index in [0.29, 0.717) is 6.42 Å². The molecule has 1 aromatic carbocycles. The molecule has 0 spiro atoms. The number of rotatable bonds is 2. The molecule has 1 aliphatic carbocycles. The maximum absolute atomic E-state index is 13.3. The fourth-order valence-electron chi connectivity index (χ4n) is 2.02. The fourth-order valence-corrected chi connectivity index (χ4v) is 2.02. The van der Waals surface area contributed by atoms with Crippen LogP contribution in [0.15, 0.2) is 18.2 Å². The lowest BCUT2D eigenvalue weighted by Crippen LogP contribution is -2.13. The van der Waals surface area contributed by atoms with E-state index in [1.54, 1.807) is 0 Å². The fraction of sp³-hybridized carbons (Fsp3) is 0.455. The van der Waals surface area contributed by atoms with Crippen LogP contribution in [-0.4, -0.2) is 5.11 Å². The van der Waals surface area contributed by atoms with Gasteiger partial charge in [-0.3, -0.25) is 0 Å². The lowest BCUT2D eigenvalue weighted by atomic mass is 10.0. The summed E-state index contributed by atoms with van der Waals surface area (Å²) in [6, 6.07) is 3.67. The number of hydrogen-bond donors (Lipinski definition) is 1. The third kappa shape index (κ3) is 1.23. The van der Waals surface area contributed by atoms with E-state index >= 15 is 0 Å². The van der Waals surface area contributed by atoms with Gasteiger partial charge in [-0.25, -0.2) is 8.78 Å². The van der Waals surface area contributed by atoms with Crippen molar-refractivity contribution < 1.29 is 13.9 Å². The lowest BCUT2D eigenvalue weighted by Gasteiger charge is -2.12. The molecular weight excluding hydrogens is 186 g/mol. The van der Waals surface area contributed by atoms with Gasteiger partial charge in [0.15, 0.2) is 0 Å². The number of hydrogen-bond acceptors (Lipinski definition) is 1. The van der Waals surface area contributed by atoms with Gasteiger partial charge in [0.05, 0.1) is 11.2 Å². The molecule has 0 bridgehead atoms. The summed E-state index contributed by atoms with van der Waals surface area (Å²) >= 11 is 0. The SMILES string of the molecule is CCC1CC1(O)c1c(F)cccc1F.